The molecule has 2 N–H and O–H groups in total. The Hall–Kier alpha value is -1.79. The molecule has 0 radical (unpaired) electrons. The van der Waals surface area contributed by atoms with Crippen molar-refractivity contribution in [3.63, 3.8) is 0 Å². The van der Waals surface area contributed by atoms with Gasteiger partial charge in [-0.05, 0) is 49.4 Å². The largest absolute Gasteiger partial charge is 0.494 e. The van der Waals surface area contributed by atoms with Gasteiger partial charge >= 0.3 is 0 Å². The number of amides is 2. The van der Waals surface area contributed by atoms with Crippen molar-refractivity contribution in [1.29, 1.82) is 0 Å². The Kier molecular flexibility index (Phi) is 5.03. The third kappa shape index (κ3) is 3.46. The second-order valence-electron chi connectivity index (χ2n) is 4.64. The van der Waals surface area contributed by atoms with Crippen LogP contribution < -0.4 is 10.5 Å². The van der Waals surface area contributed by atoms with Gasteiger partial charge in [0.25, 0.3) is 11.1 Å². The van der Waals surface area contributed by atoms with E-state index >= 15 is 0 Å². The number of thioether (sulfide) groups is 1. The van der Waals surface area contributed by atoms with E-state index in [4.69, 9.17) is 10.5 Å². The van der Waals surface area contributed by atoms with Crippen LogP contribution in [0.4, 0.5) is 4.79 Å². The zero-order valence-electron chi connectivity index (χ0n) is 12.0. The smallest absolute Gasteiger partial charge is 0.293 e. The number of carbonyl (C=O) groups excluding carboxylic acids is 2. The quantitative estimate of drug-likeness (QED) is 0.846. The van der Waals surface area contributed by atoms with Crippen LogP contribution in [0.1, 0.15) is 19.4 Å². The van der Waals surface area contributed by atoms with E-state index in [2.05, 4.69) is 0 Å². The molecule has 1 atom stereocenters. The van der Waals surface area contributed by atoms with Crippen molar-refractivity contribution >= 4 is 29.0 Å². The van der Waals surface area contributed by atoms with E-state index in [1.807, 2.05) is 31.2 Å². The van der Waals surface area contributed by atoms with Gasteiger partial charge in [0.05, 0.1) is 17.6 Å². The highest BCUT2D eigenvalue weighted by atomic mass is 32.2. The Labute approximate surface area is 128 Å². The Morgan fingerprint density at radius 2 is 2.00 bits per heavy atom. The third-order valence-electron chi connectivity index (χ3n) is 3.09. The van der Waals surface area contributed by atoms with Crippen molar-refractivity contribution in [3.05, 3.63) is 34.7 Å². The van der Waals surface area contributed by atoms with Crippen LogP contribution in [0.15, 0.2) is 29.2 Å². The van der Waals surface area contributed by atoms with Crippen molar-refractivity contribution in [2.45, 2.75) is 19.9 Å². The molecule has 0 spiro atoms. The molecule has 1 aromatic rings. The number of hydrogen-bond donors (Lipinski definition) is 1. The number of carbonyl (C=O) groups is 2. The molecule has 1 heterocycles. The van der Waals surface area contributed by atoms with Crippen LogP contribution >= 0.6 is 11.8 Å². The Morgan fingerprint density at radius 3 is 2.57 bits per heavy atom. The molecule has 21 heavy (non-hydrogen) atoms. The van der Waals surface area contributed by atoms with E-state index in [1.165, 1.54) is 4.90 Å². The van der Waals surface area contributed by atoms with Crippen molar-refractivity contribution in [2.75, 3.05) is 13.2 Å². The highest BCUT2D eigenvalue weighted by molar-refractivity contribution is 8.18. The summed E-state index contributed by atoms with van der Waals surface area (Å²) in [6.07, 6.45) is 1.71. The van der Waals surface area contributed by atoms with Gasteiger partial charge in [0.2, 0.25) is 0 Å². The van der Waals surface area contributed by atoms with Gasteiger partial charge in [-0.3, -0.25) is 14.5 Å². The summed E-state index contributed by atoms with van der Waals surface area (Å²) in [5.74, 6) is 0.497. The van der Waals surface area contributed by atoms with Crippen molar-refractivity contribution in [2.24, 2.45) is 5.73 Å². The second-order valence-corrected chi connectivity index (χ2v) is 5.63. The summed E-state index contributed by atoms with van der Waals surface area (Å²) in [4.78, 5) is 25.7. The minimum Gasteiger partial charge on any atom is -0.494 e. The molecule has 0 saturated carbocycles. The van der Waals surface area contributed by atoms with Crippen LogP contribution in [0.25, 0.3) is 6.08 Å². The SMILES string of the molecule is CCOc1ccc(/C=C2\SC(=O)N(C(C)CN)C2=O)cc1. The van der Waals surface area contributed by atoms with Crippen LogP contribution in [0.3, 0.4) is 0 Å². The molecule has 1 unspecified atom stereocenters. The molecule has 1 aliphatic rings. The lowest BCUT2D eigenvalue weighted by Crippen LogP contribution is -2.41. The summed E-state index contributed by atoms with van der Waals surface area (Å²) in [5, 5.41) is -0.268. The number of hydrogen-bond acceptors (Lipinski definition) is 5. The fourth-order valence-electron chi connectivity index (χ4n) is 1.94. The van der Waals surface area contributed by atoms with Crippen LogP contribution in [0.2, 0.25) is 0 Å². The second kappa shape index (κ2) is 6.78. The van der Waals surface area contributed by atoms with Crippen molar-refractivity contribution < 1.29 is 14.3 Å². The van der Waals surface area contributed by atoms with Gasteiger partial charge in [-0.1, -0.05) is 12.1 Å². The predicted molar refractivity (Wildman–Crippen MR) is 83.9 cm³/mol. The molecule has 1 fully saturated rings. The first-order valence-electron chi connectivity index (χ1n) is 6.76. The normalized spacial score (nSPS) is 18.4. The molecule has 1 aromatic carbocycles. The van der Waals surface area contributed by atoms with Gasteiger partial charge in [0.15, 0.2) is 0 Å². The molecule has 1 aliphatic heterocycles. The highest BCUT2D eigenvalue weighted by Gasteiger charge is 2.37. The fourth-order valence-corrected chi connectivity index (χ4v) is 2.87. The van der Waals surface area contributed by atoms with Crippen molar-refractivity contribution in [1.82, 2.24) is 4.90 Å². The zero-order valence-corrected chi connectivity index (χ0v) is 12.9. The first-order valence-corrected chi connectivity index (χ1v) is 7.58. The van der Waals surface area contributed by atoms with Gasteiger partial charge in [-0.25, -0.2) is 0 Å². The van der Waals surface area contributed by atoms with Crippen LogP contribution in [-0.4, -0.2) is 35.2 Å². The molecule has 0 aromatic heterocycles. The number of nitrogens with zero attached hydrogens (tertiary/aromatic N) is 1. The van der Waals surface area contributed by atoms with E-state index in [1.54, 1.807) is 13.0 Å². The summed E-state index contributed by atoms with van der Waals surface area (Å²) in [7, 11) is 0. The van der Waals surface area contributed by atoms with E-state index < -0.39 is 0 Å². The lowest BCUT2D eigenvalue weighted by atomic mass is 10.2. The highest BCUT2D eigenvalue weighted by Crippen LogP contribution is 2.33. The van der Waals surface area contributed by atoms with Crippen LogP contribution in [-0.2, 0) is 4.79 Å². The average Bonchev–Trinajstić information content (AvgIpc) is 2.75. The molecule has 2 amide bonds. The maximum absolute atomic E-state index is 12.2. The summed E-state index contributed by atoms with van der Waals surface area (Å²) < 4.78 is 5.36. The Bertz CT molecular complexity index is 569. The average molecular weight is 306 g/mol. The topological polar surface area (TPSA) is 72.6 Å². The Balaban J connectivity index is 2.18. The van der Waals surface area contributed by atoms with Crippen molar-refractivity contribution in [3.8, 4) is 5.75 Å². The zero-order chi connectivity index (χ0) is 15.4. The predicted octanol–water partition coefficient (Wildman–Crippen LogP) is 2.47. The van der Waals surface area contributed by atoms with E-state index in [0.29, 0.717) is 11.5 Å². The van der Waals surface area contributed by atoms with Gasteiger partial charge in [0.1, 0.15) is 5.75 Å². The molecular weight excluding hydrogens is 288 g/mol. The molecule has 112 valence electrons. The number of benzene rings is 1. The molecular formula is C15H18N2O3S. The molecule has 6 heteroatoms. The lowest BCUT2D eigenvalue weighted by molar-refractivity contribution is -0.123. The fraction of sp³-hybridized carbons (Fsp3) is 0.333. The van der Waals surface area contributed by atoms with Gasteiger partial charge in [-0.15, -0.1) is 0 Å². The maximum Gasteiger partial charge on any atom is 0.293 e. The molecule has 0 aliphatic carbocycles. The molecule has 2 rings (SSSR count). The number of rotatable bonds is 5. The molecule has 1 saturated heterocycles. The lowest BCUT2D eigenvalue weighted by Gasteiger charge is -2.19. The van der Waals surface area contributed by atoms with Gasteiger partial charge in [0, 0.05) is 6.54 Å². The summed E-state index contributed by atoms with van der Waals surface area (Å²) in [6, 6.07) is 7.09. The monoisotopic (exact) mass is 306 g/mol. The Morgan fingerprint density at radius 1 is 1.33 bits per heavy atom. The van der Waals surface area contributed by atoms with Gasteiger partial charge < -0.3 is 10.5 Å². The minimum atomic E-state index is -0.288. The first-order chi connectivity index (χ1) is 10.1. The van der Waals surface area contributed by atoms with E-state index in [9.17, 15) is 9.59 Å². The molecule has 5 nitrogen and oxygen atoms in total. The maximum atomic E-state index is 12.2. The van der Waals surface area contributed by atoms with E-state index in [0.717, 1.165) is 23.1 Å². The first kappa shape index (κ1) is 15.6. The number of imide groups is 1. The molecule has 0 bridgehead atoms. The standard InChI is InChI=1S/C15H18N2O3S/c1-3-20-12-6-4-11(5-7-12)8-13-14(18)17(10(2)9-16)15(19)21-13/h4-8,10H,3,9,16H2,1-2H3/b13-8-. The summed E-state index contributed by atoms with van der Waals surface area (Å²) in [5.41, 5.74) is 6.38. The third-order valence-corrected chi connectivity index (χ3v) is 3.98. The minimum absolute atomic E-state index is 0.258. The number of ether oxygens (including phenoxy) is 1. The van der Waals surface area contributed by atoms with E-state index in [-0.39, 0.29) is 23.7 Å². The van der Waals surface area contributed by atoms with Crippen LogP contribution in [0.5, 0.6) is 5.75 Å². The number of nitrogens with two attached hydrogens (primary N) is 1. The summed E-state index contributed by atoms with van der Waals surface area (Å²) in [6.45, 7) is 4.54. The van der Waals surface area contributed by atoms with Crippen LogP contribution in [0, 0.1) is 0 Å². The van der Waals surface area contributed by atoms with Gasteiger partial charge in [-0.2, -0.15) is 0 Å². The summed E-state index contributed by atoms with van der Waals surface area (Å²) >= 11 is 0.947.